The van der Waals surface area contributed by atoms with Crippen LogP contribution in [0.5, 0.6) is 0 Å². The van der Waals surface area contributed by atoms with Crippen LogP contribution in [0, 0.1) is 0 Å². The normalized spacial score (nSPS) is 20.1. The molecule has 0 aliphatic carbocycles. The van der Waals surface area contributed by atoms with E-state index in [2.05, 4.69) is 14.9 Å². The lowest BCUT2D eigenvalue weighted by Crippen LogP contribution is -2.29. The van der Waals surface area contributed by atoms with Crippen LogP contribution in [0.3, 0.4) is 0 Å². The molecule has 8 heteroatoms. The van der Waals surface area contributed by atoms with Crippen molar-refractivity contribution in [3.05, 3.63) is 34.9 Å². The van der Waals surface area contributed by atoms with Gasteiger partial charge < -0.3 is 4.74 Å². The second kappa shape index (κ2) is 7.42. The lowest BCUT2D eigenvalue weighted by Gasteiger charge is -2.07. The highest BCUT2D eigenvalue weighted by Gasteiger charge is 2.37. The zero-order valence-electron chi connectivity index (χ0n) is 12.0. The molecule has 1 heterocycles. The van der Waals surface area contributed by atoms with Crippen LogP contribution in [0.1, 0.15) is 12.0 Å². The molecule has 0 N–H and O–H groups in total. The molecule has 6 nitrogen and oxygen atoms in total. The van der Waals surface area contributed by atoms with Gasteiger partial charge in [0.2, 0.25) is 5.91 Å². The molecule has 1 aromatic carbocycles. The Morgan fingerprint density at radius 2 is 2.14 bits per heavy atom. The van der Waals surface area contributed by atoms with Crippen LogP contribution >= 0.6 is 23.4 Å². The van der Waals surface area contributed by atoms with Gasteiger partial charge in [-0.05, 0) is 17.7 Å². The molecule has 0 spiro atoms. The number of benzene rings is 1. The Labute approximate surface area is 137 Å². The van der Waals surface area contributed by atoms with Crippen molar-refractivity contribution in [2.75, 3.05) is 14.2 Å². The third kappa shape index (κ3) is 4.08. The summed E-state index contributed by atoms with van der Waals surface area (Å²) in [5.41, 5.74) is 0.844. The molecule has 1 unspecified atom stereocenters. The molecule has 0 saturated carbocycles. The fourth-order valence-electron chi connectivity index (χ4n) is 1.72. The van der Waals surface area contributed by atoms with Crippen LogP contribution in [0.15, 0.2) is 34.5 Å². The highest BCUT2D eigenvalue weighted by atomic mass is 35.5. The predicted octanol–water partition coefficient (Wildman–Crippen LogP) is 2.17. The molecule has 0 aromatic heterocycles. The summed E-state index contributed by atoms with van der Waals surface area (Å²) in [5.74, 6) is -0.610. The number of halogens is 1. The van der Waals surface area contributed by atoms with Gasteiger partial charge in [0, 0.05) is 12.1 Å². The Morgan fingerprint density at radius 1 is 1.45 bits per heavy atom. The highest BCUT2D eigenvalue weighted by molar-refractivity contribution is 8.15. The lowest BCUT2D eigenvalue weighted by molar-refractivity contribution is -0.142. The van der Waals surface area contributed by atoms with Gasteiger partial charge in [-0.15, -0.1) is 5.10 Å². The molecule has 2 rings (SSSR count). The first-order chi connectivity index (χ1) is 10.5. The van der Waals surface area contributed by atoms with E-state index in [1.54, 1.807) is 25.4 Å². The average Bonchev–Trinajstić information content (AvgIpc) is 2.77. The van der Waals surface area contributed by atoms with Crippen molar-refractivity contribution in [3.63, 3.8) is 0 Å². The quantitative estimate of drug-likeness (QED) is 0.479. The van der Waals surface area contributed by atoms with Gasteiger partial charge >= 0.3 is 5.97 Å². The van der Waals surface area contributed by atoms with Crippen LogP contribution in [-0.4, -0.2) is 47.6 Å². The summed E-state index contributed by atoms with van der Waals surface area (Å²) in [6, 6.07) is 7.12. The van der Waals surface area contributed by atoms with Crippen molar-refractivity contribution in [2.45, 2.75) is 11.7 Å². The summed E-state index contributed by atoms with van der Waals surface area (Å²) in [4.78, 5) is 24.6. The third-order valence-electron chi connectivity index (χ3n) is 2.94. The van der Waals surface area contributed by atoms with Gasteiger partial charge in [-0.2, -0.15) is 5.10 Å². The first kappa shape index (κ1) is 16.5. The molecule has 1 fully saturated rings. The number of hydrogen-bond acceptors (Lipinski definition) is 6. The molecule has 116 valence electrons. The average molecular weight is 340 g/mol. The largest absolute Gasteiger partial charge is 0.469 e. The van der Waals surface area contributed by atoms with E-state index < -0.39 is 11.2 Å². The fourth-order valence-corrected chi connectivity index (χ4v) is 2.92. The van der Waals surface area contributed by atoms with E-state index in [0.29, 0.717) is 10.2 Å². The first-order valence-corrected chi connectivity index (χ1v) is 7.64. The second-order valence-corrected chi connectivity index (χ2v) is 6.07. The van der Waals surface area contributed by atoms with Crippen molar-refractivity contribution in [2.24, 2.45) is 10.2 Å². The minimum absolute atomic E-state index is 0.0181. The number of rotatable bonds is 4. The van der Waals surface area contributed by atoms with Crippen LogP contribution < -0.4 is 0 Å². The number of nitrogens with zero attached hydrogens (tertiary/aromatic N) is 3. The van der Waals surface area contributed by atoms with E-state index >= 15 is 0 Å². The van der Waals surface area contributed by atoms with E-state index in [4.69, 9.17) is 11.6 Å². The number of carbonyl (C=O) groups is 2. The Kier molecular flexibility index (Phi) is 5.57. The lowest BCUT2D eigenvalue weighted by atomic mass is 10.2. The number of amides is 1. The summed E-state index contributed by atoms with van der Waals surface area (Å²) in [6.45, 7) is 0. The summed E-state index contributed by atoms with van der Waals surface area (Å²) >= 11 is 7.00. The van der Waals surface area contributed by atoms with Crippen molar-refractivity contribution in [1.82, 2.24) is 4.90 Å². The number of thioether (sulfide) groups is 1. The highest BCUT2D eigenvalue weighted by Crippen LogP contribution is 2.28. The van der Waals surface area contributed by atoms with Gasteiger partial charge in [0.05, 0.1) is 19.7 Å². The zero-order chi connectivity index (χ0) is 16.1. The van der Waals surface area contributed by atoms with Crippen LogP contribution in [0.4, 0.5) is 0 Å². The fraction of sp³-hybridized carbons (Fsp3) is 0.286. The zero-order valence-corrected chi connectivity index (χ0v) is 13.6. The minimum Gasteiger partial charge on any atom is -0.469 e. The molecule has 1 aliphatic heterocycles. The summed E-state index contributed by atoms with van der Waals surface area (Å²) in [7, 11) is 2.89. The van der Waals surface area contributed by atoms with Crippen molar-refractivity contribution < 1.29 is 14.3 Å². The predicted molar refractivity (Wildman–Crippen MR) is 87.3 cm³/mol. The molecule has 1 aliphatic rings. The molecule has 1 aromatic rings. The van der Waals surface area contributed by atoms with Gasteiger partial charge in [0.1, 0.15) is 5.25 Å². The van der Waals surface area contributed by atoms with Gasteiger partial charge in [-0.3, -0.25) is 14.5 Å². The van der Waals surface area contributed by atoms with Crippen molar-refractivity contribution >= 4 is 46.6 Å². The number of ether oxygens (including phenoxy) is 1. The maximum atomic E-state index is 12.0. The van der Waals surface area contributed by atoms with Gasteiger partial charge in [0.15, 0.2) is 5.17 Å². The number of carbonyl (C=O) groups excluding carboxylic acids is 2. The van der Waals surface area contributed by atoms with Crippen molar-refractivity contribution in [1.29, 1.82) is 0 Å². The molecule has 1 saturated heterocycles. The molecular weight excluding hydrogens is 326 g/mol. The van der Waals surface area contributed by atoms with Crippen molar-refractivity contribution in [3.8, 4) is 0 Å². The molecular formula is C14H14ClN3O3S. The maximum Gasteiger partial charge on any atom is 0.307 e. The Bertz CT molecular complexity index is 631. The molecule has 22 heavy (non-hydrogen) atoms. The van der Waals surface area contributed by atoms with Crippen LogP contribution in [0.25, 0.3) is 0 Å². The topological polar surface area (TPSA) is 71.3 Å². The molecule has 1 atom stereocenters. The van der Waals surface area contributed by atoms with E-state index in [0.717, 1.165) is 5.56 Å². The van der Waals surface area contributed by atoms with Crippen LogP contribution in [-0.2, 0) is 14.3 Å². The monoisotopic (exact) mass is 339 g/mol. The molecule has 1 amide bonds. The van der Waals surface area contributed by atoms with Gasteiger partial charge in [-0.25, -0.2) is 0 Å². The maximum absolute atomic E-state index is 12.0. The first-order valence-electron chi connectivity index (χ1n) is 6.39. The van der Waals surface area contributed by atoms with Gasteiger partial charge in [0.25, 0.3) is 0 Å². The summed E-state index contributed by atoms with van der Waals surface area (Å²) < 4.78 is 4.58. The van der Waals surface area contributed by atoms with Crippen LogP contribution in [0.2, 0.25) is 5.02 Å². The number of amidine groups is 1. The Balaban J connectivity index is 2.03. The minimum atomic E-state index is -0.512. The molecule has 0 radical (unpaired) electrons. The third-order valence-corrected chi connectivity index (χ3v) is 4.41. The Hall–Kier alpha value is -1.86. The summed E-state index contributed by atoms with van der Waals surface area (Å²) in [6.07, 6.45) is 1.58. The Morgan fingerprint density at radius 3 is 2.77 bits per heavy atom. The SMILES string of the molecule is COC(=O)CC1S/C(=N/N=C/c2ccc(Cl)cc2)N(C)C1=O. The number of hydrogen-bond donors (Lipinski definition) is 0. The van der Waals surface area contributed by atoms with Gasteiger partial charge in [-0.1, -0.05) is 35.5 Å². The van der Waals surface area contributed by atoms with E-state index in [1.165, 1.54) is 23.8 Å². The number of esters is 1. The smallest absolute Gasteiger partial charge is 0.307 e. The molecule has 0 bridgehead atoms. The second-order valence-electron chi connectivity index (χ2n) is 4.46. The standard InChI is InChI=1S/C14H14ClN3O3S/c1-18-13(20)11(7-12(19)21-2)22-14(18)17-16-8-9-3-5-10(15)6-4-9/h3-6,8,11H,7H2,1-2H3/b16-8+,17-14+. The van der Waals surface area contributed by atoms with E-state index in [-0.39, 0.29) is 12.3 Å². The van der Waals surface area contributed by atoms with E-state index in [9.17, 15) is 9.59 Å². The van der Waals surface area contributed by atoms with E-state index in [1.807, 2.05) is 12.1 Å². The number of methoxy groups -OCH3 is 1. The summed E-state index contributed by atoms with van der Waals surface area (Å²) in [5, 5.41) is 8.57.